The van der Waals surface area contributed by atoms with E-state index < -0.39 is 0 Å². The Morgan fingerprint density at radius 3 is 2.89 bits per heavy atom. The Labute approximate surface area is 118 Å². The number of nitrogens with two attached hydrogens (primary N) is 1. The molecular weight excluding hydrogens is 262 g/mol. The summed E-state index contributed by atoms with van der Waals surface area (Å²) in [6, 6.07) is 5.42. The summed E-state index contributed by atoms with van der Waals surface area (Å²) in [7, 11) is 0. The molecule has 102 valence electrons. The van der Waals surface area contributed by atoms with E-state index in [-0.39, 0.29) is 6.04 Å². The monoisotopic (exact) mass is 279 g/mol. The van der Waals surface area contributed by atoms with Crippen molar-refractivity contribution in [3.8, 4) is 5.75 Å². The molecule has 4 nitrogen and oxygen atoms in total. The lowest BCUT2D eigenvalue weighted by molar-refractivity contribution is 0.293. The van der Waals surface area contributed by atoms with E-state index in [1.54, 1.807) is 6.20 Å². The number of rotatable bonds is 5. The zero-order chi connectivity index (χ0) is 13.8. The summed E-state index contributed by atoms with van der Waals surface area (Å²) in [5, 5.41) is 0.671. The minimum Gasteiger partial charge on any atom is -0.491 e. The fourth-order valence-electron chi connectivity index (χ4n) is 1.90. The smallest absolute Gasteiger partial charge is 0.124 e. The molecule has 19 heavy (non-hydrogen) atoms. The highest BCUT2D eigenvalue weighted by Crippen LogP contribution is 2.27. The Morgan fingerprint density at radius 1 is 1.47 bits per heavy atom. The normalized spacial score (nSPS) is 12.4. The van der Waals surface area contributed by atoms with Crippen LogP contribution in [-0.2, 0) is 6.54 Å². The molecule has 2 aromatic rings. The van der Waals surface area contributed by atoms with Gasteiger partial charge in [-0.25, -0.2) is 4.98 Å². The Bertz CT molecular complexity index is 551. The molecule has 0 saturated heterocycles. The van der Waals surface area contributed by atoms with Crippen molar-refractivity contribution in [3.05, 3.63) is 47.0 Å². The van der Waals surface area contributed by atoms with E-state index in [2.05, 4.69) is 4.98 Å². The van der Waals surface area contributed by atoms with Gasteiger partial charge in [0.05, 0.1) is 6.54 Å². The number of imidazole rings is 1. The summed E-state index contributed by atoms with van der Waals surface area (Å²) in [4.78, 5) is 4.17. The summed E-state index contributed by atoms with van der Waals surface area (Å²) >= 11 is 5.97. The second kappa shape index (κ2) is 6.08. The van der Waals surface area contributed by atoms with Crippen LogP contribution in [0.1, 0.15) is 24.4 Å². The van der Waals surface area contributed by atoms with Crippen LogP contribution in [0.25, 0.3) is 0 Å². The minimum absolute atomic E-state index is 0.108. The molecule has 0 fully saturated rings. The first kappa shape index (κ1) is 13.9. The average molecular weight is 280 g/mol. The molecule has 0 aliphatic rings. The predicted molar refractivity (Wildman–Crippen MR) is 76.5 cm³/mol. The molecule has 5 heteroatoms. The molecule has 2 N–H and O–H groups in total. The molecule has 0 aliphatic heterocycles. The van der Waals surface area contributed by atoms with Crippen molar-refractivity contribution in [2.24, 2.45) is 5.73 Å². The predicted octanol–water partition coefficient (Wildman–Crippen LogP) is 2.94. The van der Waals surface area contributed by atoms with Gasteiger partial charge in [0.15, 0.2) is 0 Å². The topological polar surface area (TPSA) is 53.1 Å². The van der Waals surface area contributed by atoms with Crippen LogP contribution in [0.4, 0.5) is 0 Å². The highest BCUT2D eigenvalue weighted by Gasteiger charge is 2.09. The van der Waals surface area contributed by atoms with Crippen molar-refractivity contribution in [3.63, 3.8) is 0 Å². The molecule has 0 amide bonds. The third kappa shape index (κ3) is 3.49. The maximum absolute atomic E-state index is 5.97. The van der Waals surface area contributed by atoms with E-state index >= 15 is 0 Å². The molecule has 0 spiro atoms. The molecule has 2 rings (SSSR count). The minimum atomic E-state index is -0.108. The third-order valence-corrected chi connectivity index (χ3v) is 3.21. The maximum Gasteiger partial charge on any atom is 0.124 e. The van der Waals surface area contributed by atoms with E-state index in [4.69, 9.17) is 22.1 Å². The van der Waals surface area contributed by atoms with Gasteiger partial charge in [-0.05, 0) is 32.0 Å². The van der Waals surface area contributed by atoms with Crippen molar-refractivity contribution in [2.75, 3.05) is 6.61 Å². The van der Waals surface area contributed by atoms with Gasteiger partial charge in [-0.2, -0.15) is 0 Å². The number of hydrogen-bond acceptors (Lipinski definition) is 3. The fraction of sp³-hybridized carbons (Fsp3) is 0.357. The van der Waals surface area contributed by atoms with Gasteiger partial charge in [-0.15, -0.1) is 0 Å². The lowest BCUT2D eigenvalue weighted by atomic mass is 10.1. The fourth-order valence-corrected chi connectivity index (χ4v) is 2.08. The molecule has 1 heterocycles. The van der Waals surface area contributed by atoms with E-state index in [1.807, 2.05) is 42.8 Å². The number of benzene rings is 1. The summed E-state index contributed by atoms with van der Waals surface area (Å²) in [5.74, 6) is 1.77. The van der Waals surface area contributed by atoms with Gasteiger partial charge >= 0.3 is 0 Å². The average Bonchev–Trinajstić information content (AvgIpc) is 2.77. The number of nitrogens with zero attached hydrogens (tertiary/aromatic N) is 2. The van der Waals surface area contributed by atoms with E-state index in [9.17, 15) is 0 Å². The Morgan fingerprint density at radius 2 is 2.26 bits per heavy atom. The van der Waals surface area contributed by atoms with Crippen LogP contribution in [0.2, 0.25) is 5.02 Å². The van der Waals surface area contributed by atoms with Crippen LogP contribution in [0.3, 0.4) is 0 Å². The SMILES string of the molecule is Cc1nccn1CCOc1ccc(Cl)cc1[C@H](C)N. The van der Waals surface area contributed by atoms with Gasteiger partial charge < -0.3 is 15.0 Å². The van der Waals surface area contributed by atoms with Gasteiger partial charge in [0.1, 0.15) is 18.2 Å². The zero-order valence-electron chi connectivity index (χ0n) is 11.1. The highest BCUT2D eigenvalue weighted by atomic mass is 35.5. The summed E-state index contributed by atoms with van der Waals surface area (Å²) in [6.45, 7) is 5.21. The van der Waals surface area contributed by atoms with Crippen molar-refractivity contribution in [1.82, 2.24) is 9.55 Å². The highest BCUT2D eigenvalue weighted by molar-refractivity contribution is 6.30. The summed E-state index contributed by atoms with van der Waals surface area (Å²) in [5.41, 5.74) is 6.85. The Kier molecular flexibility index (Phi) is 4.45. The van der Waals surface area contributed by atoms with Crippen LogP contribution in [0.15, 0.2) is 30.6 Å². The summed E-state index contributed by atoms with van der Waals surface area (Å²) in [6.07, 6.45) is 3.72. The second-order valence-electron chi connectivity index (χ2n) is 4.49. The molecule has 0 aliphatic carbocycles. The first-order valence-corrected chi connectivity index (χ1v) is 6.61. The maximum atomic E-state index is 5.97. The van der Waals surface area contributed by atoms with Gasteiger partial charge in [-0.3, -0.25) is 0 Å². The van der Waals surface area contributed by atoms with E-state index in [1.165, 1.54) is 0 Å². The van der Waals surface area contributed by atoms with Crippen LogP contribution in [0.5, 0.6) is 5.75 Å². The number of aromatic nitrogens is 2. The molecule has 0 unspecified atom stereocenters. The lowest BCUT2D eigenvalue weighted by Gasteiger charge is -2.15. The van der Waals surface area contributed by atoms with Crippen LogP contribution in [-0.4, -0.2) is 16.2 Å². The first-order valence-electron chi connectivity index (χ1n) is 6.23. The van der Waals surface area contributed by atoms with Crippen LogP contribution in [0, 0.1) is 6.92 Å². The second-order valence-corrected chi connectivity index (χ2v) is 4.92. The third-order valence-electron chi connectivity index (χ3n) is 2.98. The quantitative estimate of drug-likeness (QED) is 0.915. The van der Waals surface area contributed by atoms with Crippen molar-refractivity contribution in [1.29, 1.82) is 0 Å². The molecule has 0 saturated carbocycles. The van der Waals surface area contributed by atoms with Gasteiger partial charge in [0.2, 0.25) is 0 Å². The number of hydrogen-bond donors (Lipinski definition) is 1. The van der Waals surface area contributed by atoms with E-state index in [0.29, 0.717) is 11.6 Å². The molecule has 1 atom stereocenters. The largest absolute Gasteiger partial charge is 0.491 e. The standard InChI is InChI=1S/C14H18ClN3O/c1-10(16)13-9-12(15)3-4-14(13)19-8-7-18-6-5-17-11(18)2/h3-6,9-10H,7-8,16H2,1-2H3/t10-/m0/s1. The van der Waals surface area contributed by atoms with Gasteiger partial charge in [0, 0.05) is 29.0 Å². The van der Waals surface area contributed by atoms with Crippen molar-refractivity contribution >= 4 is 11.6 Å². The summed E-state index contributed by atoms with van der Waals surface area (Å²) < 4.78 is 7.84. The number of aryl methyl sites for hydroxylation is 1. The van der Waals surface area contributed by atoms with Gasteiger partial charge in [-0.1, -0.05) is 11.6 Å². The number of halogens is 1. The first-order chi connectivity index (χ1) is 9.08. The van der Waals surface area contributed by atoms with Crippen LogP contribution >= 0.6 is 11.6 Å². The zero-order valence-corrected chi connectivity index (χ0v) is 11.9. The van der Waals surface area contributed by atoms with Crippen LogP contribution < -0.4 is 10.5 Å². The number of ether oxygens (including phenoxy) is 1. The van der Waals surface area contributed by atoms with Crippen molar-refractivity contribution in [2.45, 2.75) is 26.4 Å². The van der Waals surface area contributed by atoms with E-state index in [0.717, 1.165) is 23.7 Å². The molecule has 0 bridgehead atoms. The molecule has 0 radical (unpaired) electrons. The van der Waals surface area contributed by atoms with Gasteiger partial charge in [0.25, 0.3) is 0 Å². The van der Waals surface area contributed by atoms with Crippen molar-refractivity contribution < 1.29 is 4.74 Å². The molecule has 1 aromatic heterocycles. The molecule has 1 aromatic carbocycles. The Balaban J connectivity index is 2.01. The Hall–Kier alpha value is -1.52. The lowest BCUT2D eigenvalue weighted by Crippen LogP contribution is -2.12. The molecular formula is C14H18ClN3O.